The molecule has 5 nitrogen and oxygen atoms in total. The predicted molar refractivity (Wildman–Crippen MR) is 75.5 cm³/mol. The van der Waals surface area contributed by atoms with Crippen LogP contribution in [0.5, 0.6) is 0 Å². The molecule has 2 N–H and O–H groups in total. The fourth-order valence-corrected chi connectivity index (χ4v) is 2.68. The summed E-state index contributed by atoms with van der Waals surface area (Å²) < 4.78 is 0.799. The molecule has 19 heavy (non-hydrogen) atoms. The molecule has 0 saturated carbocycles. The van der Waals surface area contributed by atoms with Gasteiger partial charge in [-0.05, 0) is 24.6 Å². The largest absolute Gasteiger partial charge is 0.478 e. The molecule has 6 heteroatoms. The Kier molecular flexibility index (Phi) is 4.09. The molecule has 2 rings (SSSR count). The van der Waals surface area contributed by atoms with Crippen LogP contribution in [-0.2, 0) is 4.79 Å². The standard InChI is InChI=1S/C13H15BrN2O3/c1-2-10-12(17)15-5-6-16(10)11-7-8(14)3-4-9(11)13(18)19/h3-4,7,10H,2,5-6H2,1H3,(H,15,17)(H,18,19). The van der Waals surface area contributed by atoms with E-state index < -0.39 is 5.97 Å². The lowest BCUT2D eigenvalue weighted by molar-refractivity contribution is -0.123. The Balaban J connectivity index is 2.46. The van der Waals surface area contributed by atoms with E-state index in [0.29, 0.717) is 25.2 Å². The summed E-state index contributed by atoms with van der Waals surface area (Å²) >= 11 is 3.35. The number of carboxylic acids is 1. The molecule has 1 saturated heterocycles. The first kappa shape index (κ1) is 13.9. The number of carbonyl (C=O) groups is 2. The number of amides is 1. The maximum Gasteiger partial charge on any atom is 0.337 e. The summed E-state index contributed by atoms with van der Waals surface area (Å²) in [5.41, 5.74) is 0.805. The average Bonchev–Trinajstić information content (AvgIpc) is 2.37. The Morgan fingerprint density at radius 2 is 2.32 bits per heavy atom. The van der Waals surface area contributed by atoms with Gasteiger partial charge in [0.25, 0.3) is 0 Å². The van der Waals surface area contributed by atoms with E-state index in [1.54, 1.807) is 18.2 Å². The number of piperazine rings is 1. The van der Waals surface area contributed by atoms with Crippen LogP contribution in [0.25, 0.3) is 0 Å². The zero-order valence-corrected chi connectivity index (χ0v) is 12.1. The Labute approximate surface area is 119 Å². The smallest absolute Gasteiger partial charge is 0.337 e. The number of carboxylic acid groups (broad SMARTS) is 1. The van der Waals surface area contributed by atoms with Crippen molar-refractivity contribution in [1.82, 2.24) is 5.32 Å². The first-order chi connectivity index (χ1) is 9.04. The Bertz CT molecular complexity index is 519. The van der Waals surface area contributed by atoms with Crippen LogP contribution >= 0.6 is 15.9 Å². The van der Waals surface area contributed by atoms with Crippen LogP contribution in [-0.4, -0.2) is 36.1 Å². The molecular weight excluding hydrogens is 312 g/mol. The maximum atomic E-state index is 11.9. The molecule has 0 radical (unpaired) electrons. The fourth-order valence-electron chi connectivity index (χ4n) is 2.33. The number of hydrogen-bond donors (Lipinski definition) is 2. The number of anilines is 1. The Morgan fingerprint density at radius 3 is 2.95 bits per heavy atom. The number of benzene rings is 1. The average molecular weight is 327 g/mol. The highest BCUT2D eigenvalue weighted by molar-refractivity contribution is 9.10. The van der Waals surface area contributed by atoms with Crippen molar-refractivity contribution in [1.29, 1.82) is 0 Å². The molecule has 0 bridgehead atoms. The van der Waals surface area contributed by atoms with E-state index >= 15 is 0 Å². The van der Waals surface area contributed by atoms with E-state index in [1.165, 1.54) is 0 Å². The second-order valence-electron chi connectivity index (χ2n) is 4.38. The second kappa shape index (κ2) is 5.61. The number of aromatic carboxylic acids is 1. The van der Waals surface area contributed by atoms with Crippen molar-refractivity contribution < 1.29 is 14.7 Å². The lowest BCUT2D eigenvalue weighted by Gasteiger charge is -2.37. The van der Waals surface area contributed by atoms with E-state index in [-0.39, 0.29) is 17.5 Å². The van der Waals surface area contributed by atoms with Gasteiger partial charge in [-0.2, -0.15) is 0 Å². The first-order valence-corrected chi connectivity index (χ1v) is 6.91. The van der Waals surface area contributed by atoms with Gasteiger partial charge in [0, 0.05) is 17.6 Å². The van der Waals surface area contributed by atoms with Gasteiger partial charge in [0.15, 0.2) is 0 Å². The molecule has 1 unspecified atom stereocenters. The highest BCUT2D eigenvalue weighted by Crippen LogP contribution is 2.28. The summed E-state index contributed by atoms with van der Waals surface area (Å²) in [5.74, 6) is -1.03. The van der Waals surface area contributed by atoms with Gasteiger partial charge in [0.2, 0.25) is 5.91 Å². The molecule has 0 aliphatic carbocycles. The highest BCUT2D eigenvalue weighted by atomic mass is 79.9. The summed E-state index contributed by atoms with van der Waals surface area (Å²) in [5, 5.41) is 12.1. The van der Waals surface area contributed by atoms with Gasteiger partial charge < -0.3 is 15.3 Å². The molecule has 0 spiro atoms. The minimum Gasteiger partial charge on any atom is -0.478 e. The van der Waals surface area contributed by atoms with E-state index in [0.717, 1.165) is 4.47 Å². The first-order valence-electron chi connectivity index (χ1n) is 6.11. The van der Waals surface area contributed by atoms with Crippen LogP contribution in [0.3, 0.4) is 0 Å². The Morgan fingerprint density at radius 1 is 1.58 bits per heavy atom. The van der Waals surface area contributed by atoms with Gasteiger partial charge in [0.05, 0.1) is 11.3 Å². The molecule has 102 valence electrons. The highest BCUT2D eigenvalue weighted by Gasteiger charge is 2.30. The van der Waals surface area contributed by atoms with E-state index in [4.69, 9.17) is 0 Å². The lowest BCUT2D eigenvalue weighted by atomic mass is 10.1. The summed E-state index contributed by atoms with van der Waals surface area (Å²) in [6.07, 6.45) is 0.636. The van der Waals surface area contributed by atoms with E-state index in [2.05, 4.69) is 21.2 Å². The van der Waals surface area contributed by atoms with Crippen LogP contribution in [0.1, 0.15) is 23.7 Å². The van der Waals surface area contributed by atoms with Crippen molar-refractivity contribution >= 4 is 33.5 Å². The van der Waals surface area contributed by atoms with Crippen LogP contribution < -0.4 is 10.2 Å². The molecule has 1 atom stereocenters. The van der Waals surface area contributed by atoms with Crippen molar-refractivity contribution in [3.8, 4) is 0 Å². The van der Waals surface area contributed by atoms with Gasteiger partial charge in [-0.25, -0.2) is 4.79 Å². The van der Waals surface area contributed by atoms with E-state index in [1.807, 2.05) is 11.8 Å². The zero-order valence-electron chi connectivity index (χ0n) is 10.5. The number of nitrogens with zero attached hydrogens (tertiary/aromatic N) is 1. The minimum absolute atomic E-state index is 0.0509. The quantitative estimate of drug-likeness (QED) is 0.889. The number of halogens is 1. The second-order valence-corrected chi connectivity index (χ2v) is 5.29. The SMILES string of the molecule is CCC1C(=O)NCCN1c1cc(Br)ccc1C(=O)O. The Hall–Kier alpha value is -1.56. The summed E-state index contributed by atoms with van der Waals surface area (Å²) in [6.45, 7) is 3.06. The number of hydrogen-bond acceptors (Lipinski definition) is 3. The van der Waals surface area contributed by atoms with E-state index in [9.17, 15) is 14.7 Å². The number of carbonyl (C=O) groups excluding carboxylic acids is 1. The molecule has 1 heterocycles. The monoisotopic (exact) mass is 326 g/mol. The van der Waals surface area contributed by atoms with Gasteiger partial charge in [0.1, 0.15) is 6.04 Å². The predicted octanol–water partition coefficient (Wildman–Crippen LogP) is 1.86. The molecule has 1 aliphatic rings. The third-order valence-corrected chi connectivity index (χ3v) is 3.71. The number of nitrogens with one attached hydrogen (secondary N) is 1. The van der Waals surface area contributed by atoms with Crippen molar-refractivity contribution in [3.05, 3.63) is 28.2 Å². The third-order valence-electron chi connectivity index (χ3n) is 3.22. The van der Waals surface area contributed by atoms with Gasteiger partial charge in [-0.15, -0.1) is 0 Å². The van der Waals surface area contributed by atoms with Crippen molar-refractivity contribution in [3.63, 3.8) is 0 Å². The molecule has 1 fully saturated rings. The van der Waals surface area contributed by atoms with Crippen LogP contribution in [0, 0.1) is 0 Å². The molecular formula is C13H15BrN2O3. The van der Waals surface area contributed by atoms with Gasteiger partial charge >= 0.3 is 5.97 Å². The maximum absolute atomic E-state index is 11.9. The summed E-state index contributed by atoms with van der Waals surface area (Å²) in [7, 11) is 0. The zero-order chi connectivity index (χ0) is 14.0. The van der Waals surface area contributed by atoms with Crippen LogP contribution in [0.2, 0.25) is 0 Å². The van der Waals surface area contributed by atoms with Gasteiger partial charge in [-0.3, -0.25) is 4.79 Å². The fraction of sp³-hybridized carbons (Fsp3) is 0.385. The molecule has 1 aromatic carbocycles. The van der Waals surface area contributed by atoms with Crippen LogP contribution in [0.15, 0.2) is 22.7 Å². The van der Waals surface area contributed by atoms with Crippen molar-refractivity contribution in [2.24, 2.45) is 0 Å². The topological polar surface area (TPSA) is 69.6 Å². The minimum atomic E-state index is -0.983. The molecule has 1 amide bonds. The summed E-state index contributed by atoms with van der Waals surface area (Å²) in [4.78, 5) is 25.0. The summed E-state index contributed by atoms with van der Waals surface area (Å²) in [6, 6.07) is 4.69. The molecule has 1 aromatic rings. The molecule has 1 aliphatic heterocycles. The van der Waals surface area contributed by atoms with Crippen LogP contribution in [0.4, 0.5) is 5.69 Å². The molecule has 0 aromatic heterocycles. The van der Waals surface area contributed by atoms with Gasteiger partial charge in [-0.1, -0.05) is 22.9 Å². The van der Waals surface area contributed by atoms with Crippen molar-refractivity contribution in [2.45, 2.75) is 19.4 Å². The normalized spacial score (nSPS) is 19.2. The number of rotatable bonds is 3. The van der Waals surface area contributed by atoms with Crippen molar-refractivity contribution in [2.75, 3.05) is 18.0 Å². The third kappa shape index (κ3) is 2.73. The lowest BCUT2D eigenvalue weighted by Crippen LogP contribution is -2.55.